The van der Waals surface area contributed by atoms with Crippen LogP contribution in [0.25, 0.3) is 0 Å². The van der Waals surface area contributed by atoms with Crippen LogP contribution in [0.4, 0.5) is 5.13 Å². The van der Waals surface area contributed by atoms with Gasteiger partial charge in [-0.3, -0.25) is 14.8 Å². The highest BCUT2D eigenvalue weighted by Crippen LogP contribution is 2.23. The van der Waals surface area contributed by atoms with Crippen molar-refractivity contribution < 1.29 is 4.79 Å². The lowest BCUT2D eigenvalue weighted by atomic mass is 10.3. The summed E-state index contributed by atoms with van der Waals surface area (Å²) in [6.45, 7) is 4.43. The molecule has 0 saturated heterocycles. The van der Waals surface area contributed by atoms with E-state index in [0.29, 0.717) is 21.7 Å². The zero-order chi connectivity index (χ0) is 12.4. The Morgan fingerprint density at radius 1 is 1.65 bits per heavy atom. The molecule has 0 bridgehead atoms. The Morgan fingerprint density at radius 3 is 3.00 bits per heavy atom. The molecule has 0 aromatic carbocycles. The quantitative estimate of drug-likeness (QED) is 0.932. The summed E-state index contributed by atoms with van der Waals surface area (Å²) in [4.78, 5) is 15.9. The maximum atomic E-state index is 12.0. The van der Waals surface area contributed by atoms with Crippen LogP contribution in [0.15, 0.2) is 12.3 Å². The SMILES string of the molecule is CCn1nc(C)cc1C(=O)Nc1ncc(Cl)s1. The normalized spacial score (nSPS) is 10.5. The summed E-state index contributed by atoms with van der Waals surface area (Å²) in [6.07, 6.45) is 1.50. The van der Waals surface area contributed by atoms with Crippen molar-refractivity contribution in [2.45, 2.75) is 20.4 Å². The van der Waals surface area contributed by atoms with E-state index in [1.165, 1.54) is 17.5 Å². The van der Waals surface area contributed by atoms with Gasteiger partial charge in [-0.25, -0.2) is 4.98 Å². The first-order chi connectivity index (χ1) is 8.10. The number of rotatable bonds is 3. The molecule has 90 valence electrons. The van der Waals surface area contributed by atoms with Gasteiger partial charge in [0.05, 0.1) is 11.9 Å². The third-order valence-corrected chi connectivity index (χ3v) is 3.16. The predicted molar refractivity (Wildman–Crippen MR) is 67.7 cm³/mol. The van der Waals surface area contributed by atoms with E-state index in [2.05, 4.69) is 15.4 Å². The first-order valence-corrected chi connectivity index (χ1v) is 6.26. The Balaban J connectivity index is 2.19. The van der Waals surface area contributed by atoms with Crippen molar-refractivity contribution in [2.24, 2.45) is 0 Å². The van der Waals surface area contributed by atoms with E-state index in [-0.39, 0.29) is 5.91 Å². The van der Waals surface area contributed by atoms with E-state index >= 15 is 0 Å². The zero-order valence-electron chi connectivity index (χ0n) is 9.40. The van der Waals surface area contributed by atoms with Crippen LogP contribution in [0, 0.1) is 6.92 Å². The van der Waals surface area contributed by atoms with Crippen LogP contribution in [0.1, 0.15) is 23.1 Å². The number of halogens is 1. The molecule has 2 heterocycles. The molecule has 2 aromatic heterocycles. The maximum Gasteiger partial charge on any atom is 0.275 e. The number of hydrogen-bond acceptors (Lipinski definition) is 4. The molecule has 2 aromatic rings. The van der Waals surface area contributed by atoms with Crippen LogP contribution < -0.4 is 5.32 Å². The Morgan fingerprint density at radius 2 is 2.41 bits per heavy atom. The Hall–Kier alpha value is -1.40. The minimum atomic E-state index is -0.224. The minimum absolute atomic E-state index is 0.224. The molecule has 0 saturated carbocycles. The molecule has 2 rings (SSSR count). The minimum Gasteiger partial charge on any atom is -0.296 e. The summed E-state index contributed by atoms with van der Waals surface area (Å²) in [5, 5.41) is 7.39. The monoisotopic (exact) mass is 270 g/mol. The average molecular weight is 271 g/mol. The highest BCUT2D eigenvalue weighted by atomic mass is 35.5. The van der Waals surface area contributed by atoms with Crippen molar-refractivity contribution in [1.82, 2.24) is 14.8 Å². The van der Waals surface area contributed by atoms with E-state index in [4.69, 9.17) is 11.6 Å². The van der Waals surface area contributed by atoms with Crippen molar-refractivity contribution in [3.8, 4) is 0 Å². The van der Waals surface area contributed by atoms with Crippen molar-refractivity contribution in [3.05, 3.63) is 28.0 Å². The molecular weight excluding hydrogens is 260 g/mol. The lowest BCUT2D eigenvalue weighted by molar-refractivity contribution is 0.101. The number of anilines is 1. The van der Waals surface area contributed by atoms with Gasteiger partial charge in [-0.15, -0.1) is 0 Å². The zero-order valence-corrected chi connectivity index (χ0v) is 11.0. The number of hydrogen-bond donors (Lipinski definition) is 1. The lowest BCUT2D eigenvalue weighted by Crippen LogP contribution is -2.17. The second-order valence-electron chi connectivity index (χ2n) is 3.41. The second kappa shape index (κ2) is 4.85. The number of thiazole rings is 1. The van der Waals surface area contributed by atoms with E-state index in [1.54, 1.807) is 10.7 Å². The van der Waals surface area contributed by atoms with Crippen LogP contribution in [0.3, 0.4) is 0 Å². The van der Waals surface area contributed by atoms with Crippen LogP contribution in [-0.2, 0) is 6.54 Å². The molecule has 0 aliphatic carbocycles. The van der Waals surface area contributed by atoms with Gasteiger partial charge < -0.3 is 0 Å². The van der Waals surface area contributed by atoms with Crippen LogP contribution in [0.5, 0.6) is 0 Å². The molecule has 7 heteroatoms. The standard InChI is InChI=1S/C10H11ClN4OS/c1-3-15-7(4-6(2)14-15)9(16)13-10-12-5-8(11)17-10/h4-5H,3H2,1-2H3,(H,12,13,16). The summed E-state index contributed by atoms with van der Waals surface area (Å²) in [5.74, 6) is -0.224. The fourth-order valence-electron chi connectivity index (χ4n) is 1.44. The number of aryl methyl sites for hydroxylation is 2. The van der Waals surface area contributed by atoms with Gasteiger partial charge in [0.2, 0.25) is 0 Å². The number of carbonyl (C=O) groups is 1. The van der Waals surface area contributed by atoms with Crippen molar-refractivity contribution in [2.75, 3.05) is 5.32 Å². The predicted octanol–water partition coefficient (Wildman–Crippen LogP) is 2.57. The largest absolute Gasteiger partial charge is 0.296 e. The van der Waals surface area contributed by atoms with E-state index in [1.807, 2.05) is 13.8 Å². The first-order valence-electron chi connectivity index (χ1n) is 5.07. The third kappa shape index (κ3) is 2.65. The van der Waals surface area contributed by atoms with Gasteiger partial charge in [0, 0.05) is 6.54 Å². The summed E-state index contributed by atoms with van der Waals surface area (Å²) in [5.41, 5.74) is 1.34. The fraction of sp³-hybridized carbons (Fsp3) is 0.300. The Kier molecular flexibility index (Phi) is 3.44. The number of amides is 1. The molecular formula is C10H11ClN4OS. The second-order valence-corrected chi connectivity index (χ2v) is 5.07. The number of nitrogens with one attached hydrogen (secondary N) is 1. The highest BCUT2D eigenvalue weighted by molar-refractivity contribution is 7.19. The van der Waals surface area contributed by atoms with Gasteiger partial charge in [0.25, 0.3) is 5.91 Å². The number of carbonyl (C=O) groups excluding carboxylic acids is 1. The van der Waals surface area contributed by atoms with Crippen LogP contribution in [0.2, 0.25) is 4.34 Å². The summed E-state index contributed by atoms with van der Waals surface area (Å²) < 4.78 is 2.19. The maximum absolute atomic E-state index is 12.0. The van der Waals surface area contributed by atoms with Crippen molar-refractivity contribution >= 4 is 34.0 Å². The third-order valence-electron chi connectivity index (χ3n) is 2.13. The molecule has 17 heavy (non-hydrogen) atoms. The van der Waals surface area contributed by atoms with Crippen LogP contribution in [-0.4, -0.2) is 20.7 Å². The molecule has 1 amide bonds. The van der Waals surface area contributed by atoms with Gasteiger partial charge >= 0.3 is 0 Å². The van der Waals surface area contributed by atoms with Gasteiger partial charge in [-0.2, -0.15) is 5.10 Å². The lowest BCUT2D eigenvalue weighted by Gasteiger charge is -2.03. The molecule has 0 aliphatic rings. The fourth-order valence-corrected chi connectivity index (χ4v) is 2.25. The molecule has 0 aliphatic heterocycles. The first kappa shape index (κ1) is 12.1. The van der Waals surface area contributed by atoms with E-state index in [0.717, 1.165) is 5.69 Å². The molecule has 0 spiro atoms. The van der Waals surface area contributed by atoms with E-state index in [9.17, 15) is 4.79 Å². The molecule has 0 unspecified atom stereocenters. The number of nitrogens with zero attached hydrogens (tertiary/aromatic N) is 3. The Bertz CT molecular complexity index is 548. The highest BCUT2D eigenvalue weighted by Gasteiger charge is 2.14. The Labute approximate surface area is 107 Å². The smallest absolute Gasteiger partial charge is 0.275 e. The molecule has 1 N–H and O–H groups in total. The molecule has 0 radical (unpaired) electrons. The molecule has 5 nitrogen and oxygen atoms in total. The van der Waals surface area contributed by atoms with Crippen LogP contribution >= 0.6 is 22.9 Å². The topological polar surface area (TPSA) is 59.8 Å². The average Bonchev–Trinajstić information content (AvgIpc) is 2.84. The van der Waals surface area contributed by atoms with E-state index < -0.39 is 0 Å². The molecule has 0 atom stereocenters. The summed E-state index contributed by atoms with van der Waals surface area (Å²) >= 11 is 6.96. The van der Waals surface area contributed by atoms with Crippen molar-refractivity contribution in [3.63, 3.8) is 0 Å². The number of aromatic nitrogens is 3. The van der Waals surface area contributed by atoms with Gasteiger partial charge in [-0.1, -0.05) is 22.9 Å². The van der Waals surface area contributed by atoms with Crippen molar-refractivity contribution in [1.29, 1.82) is 0 Å². The van der Waals surface area contributed by atoms with Gasteiger partial charge in [-0.05, 0) is 19.9 Å². The van der Waals surface area contributed by atoms with Gasteiger partial charge in [0.1, 0.15) is 10.0 Å². The van der Waals surface area contributed by atoms with Gasteiger partial charge in [0.15, 0.2) is 5.13 Å². The molecule has 0 fully saturated rings. The summed E-state index contributed by atoms with van der Waals surface area (Å²) in [6, 6.07) is 1.74. The summed E-state index contributed by atoms with van der Waals surface area (Å²) in [7, 11) is 0.